The molecule has 0 radical (unpaired) electrons. The summed E-state index contributed by atoms with van der Waals surface area (Å²) in [4.78, 5) is 4.46. The lowest BCUT2D eigenvalue weighted by molar-refractivity contribution is 0.522. The van der Waals surface area contributed by atoms with Crippen molar-refractivity contribution in [2.75, 3.05) is 7.05 Å². The van der Waals surface area contributed by atoms with Gasteiger partial charge in [-0.05, 0) is 50.4 Å². The van der Waals surface area contributed by atoms with Crippen LogP contribution in [0.15, 0.2) is 24.4 Å². The first-order valence-corrected chi connectivity index (χ1v) is 5.59. The zero-order valence-corrected chi connectivity index (χ0v) is 9.46. The van der Waals surface area contributed by atoms with E-state index in [1.807, 2.05) is 19.3 Å². The van der Waals surface area contributed by atoms with Crippen molar-refractivity contribution in [3.8, 4) is 0 Å². The third-order valence-corrected chi connectivity index (χ3v) is 3.13. The maximum absolute atomic E-state index is 4.46. The Morgan fingerprint density at radius 1 is 1.47 bits per heavy atom. The molecule has 2 nitrogen and oxygen atoms in total. The molecule has 1 aliphatic rings. The molecule has 1 N–H and O–H groups in total. The van der Waals surface area contributed by atoms with Crippen LogP contribution >= 0.6 is 0 Å². The Morgan fingerprint density at radius 3 is 2.93 bits per heavy atom. The summed E-state index contributed by atoms with van der Waals surface area (Å²) in [6.45, 7) is 2.13. The summed E-state index contributed by atoms with van der Waals surface area (Å²) >= 11 is 0. The molecule has 0 bridgehead atoms. The first-order valence-electron chi connectivity index (χ1n) is 5.59. The number of allylic oxidation sites excluding steroid dienone is 1. The molecule has 0 saturated carbocycles. The number of nitrogens with zero attached hydrogens (tertiary/aromatic N) is 1. The Kier molecular flexibility index (Phi) is 3.17. The van der Waals surface area contributed by atoms with Crippen molar-refractivity contribution < 1.29 is 0 Å². The molecule has 80 valence electrons. The highest BCUT2D eigenvalue weighted by molar-refractivity contribution is 5.65. The molecule has 0 fully saturated rings. The molecule has 0 saturated heterocycles. The van der Waals surface area contributed by atoms with Crippen molar-refractivity contribution in [2.45, 2.75) is 32.2 Å². The Hall–Kier alpha value is -1.15. The minimum absolute atomic E-state index is 0.651. The molecule has 1 aromatic heterocycles. The average molecular weight is 202 g/mol. The van der Waals surface area contributed by atoms with Gasteiger partial charge in [0.05, 0.1) is 5.69 Å². The van der Waals surface area contributed by atoms with Crippen LogP contribution in [0.25, 0.3) is 5.57 Å². The molecule has 1 atom stereocenters. The monoisotopic (exact) mass is 202 g/mol. The Bertz CT molecular complexity index is 369. The minimum atomic E-state index is 0.651. The lowest BCUT2D eigenvalue weighted by Gasteiger charge is -2.21. The summed E-state index contributed by atoms with van der Waals surface area (Å²) in [5.74, 6) is 0. The molecule has 1 heterocycles. The summed E-state index contributed by atoms with van der Waals surface area (Å²) in [7, 11) is 2.04. The third kappa shape index (κ3) is 2.26. The Balaban J connectivity index is 2.19. The van der Waals surface area contributed by atoms with Crippen LogP contribution in [-0.4, -0.2) is 18.1 Å². The molecule has 0 amide bonds. The molecule has 0 spiro atoms. The molecular formula is C13H18N2. The van der Waals surface area contributed by atoms with Crippen LogP contribution in [0, 0.1) is 6.92 Å². The molecule has 1 aliphatic carbocycles. The van der Waals surface area contributed by atoms with E-state index in [1.54, 1.807) is 0 Å². The molecule has 2 rings (SSSR count). The van der Waals surface area contributed by atoms with Crippen LogP contribution < -0.4 is 5.32 Å². The van der Waals surface area contributed by atoms with Gasteiger partial charge in [0.2, 0.25) is 0 Å². The number of rotatable bonds is 2. The van der Waals surface area contributed by atoms with Gasteiger partial charge in [0.1, 0.15) is 0 Å². The van der Waals surface area contributed by atoms with E-state index in [0.717, 1.165) is 12.8 Å². The molecule has 0 aromatic carbocycles. The van der Waals surface area contributed by atoms with Gasteiger partial charge in [0.25, 0.3) is 0 Å². The fourth-order valence-corrected chi connectivity index (χ4v) is 2.13. The second-order valence-corrected chi connectivity index (χ2v) is 4.16. The standard InChI is InChI=1S/C13H18N2/c1-10-4-3-9-15-13(10)11-5-7-12(14-2)8-6-11/h3-5,9,12,14H,6-8H2,1-2H3. The maximum Gasteiger partial charge on any atom is 0.0687 e. The first-order chi connectivity index (χ1) is 7.31. The SMILES string of the molecule is CNC1CC=C(c2ncccc2C)CC1. The number of aromatic nitrogens is 1. The molecular weight excluding hydrogens is 184 g/mol. The van der Waals surface area contributed by atoms with Gasteiger partial charge in [-0.15, -0.1) is 0 Å². The third-order valence-electron chi connectivity index (χ3n) is 3.13. The van der Waals surface area contributed by atoms with Crippen molar-refractivity contribution in [1.29, 1.82) is 0 Å². The van der Waals surface area contributed by atoms with Gasteiger partial charge in [-0.3, -0.25) is 4.98 Å². The number of hydrogen-bond acceptors (Lipinski definition) is 2. The summed E-state index contributed by atoms with van der Waals surface area (Å²) in [5.41, 5.74) is 3.89. The smallest absolute Gasteiger partial charge is 0.0687 e. The fourth-order valence-electron chi connectivity index (χ4n) is 2.13. The zero-order valence-electron chi connectivity index (χ0n) is 9.46. The van der Waals surface area contributed by atoms with Crippen LogP contribution in [0.3, 0.4) is 0 Å². The summed E-state index contributed by atoms with van der Waals surface area (Å²) < 4.78 is 0. The van der Waals surface area contributed by atoms with Crippen molar-refractivity contribution in [3.63, 3.8) is 0 Å². The maximum atomic E-state index is 4.46. The lowest BCUT2D eigenvalue weighted by atomic mass is 9.92. The van der Waals surface area contributed by atoms with Crippen molar-refractivity contribution in [1.82, 2.24) is 10.3 Å². The fraction of sp³-hybridized carbons (Fsp3) is 0.462. The van der Waals surface area contributed by atoms with Gasteiger partial charge < -0.3 is 5.32 Å². The van der Waals surface area contributed by atoms with E-state index in [9.17, 15) is 0 Å². The van der Waals surface area contributed by atoms with Gasteiger partial charge in [-0.1, -0.05) is 12.1 Å². The van der Waals surface area contributed by atoms with Crippen LogP contribution in [-0.2, 0) is 0 Å². The van der Waals surface area contributed by atoms with Crippen LogP contribution in [0.1, 0.15) is 30.5 Å². The number of nitrogens with one attached hydrogen (secondary N) is 1. The van der Waals surface area contributed by atoms with E-state index in [0.29, 0.717) is 6.04 Å². The summed E-state index contributed by atoms with van der Waals surface area (Å²) in [5, 5.41) is 3.33. The van der Waals surface area contributed by atoms with E-state index >= 15 is 0 Å². The Morgan fingerprint density at radius 2 is 2.33 bits per heavy atom. The largest absolute Gasteiger partial charge is 0.317 e. The normalized spacial score (nSPS) is 21.2. The average Bonchev–Trinajstić information content (AvgIpc) is 2.30. The van der Waals surface area contributed by atoms with Gasteiger partial charge in [0, 0.05) is 12.2 Å². The molecule has 0 aliphatic heterocycles. The van der Waals surface area contributed by atoms with Gasteiger partial charge in [-0.2, -0.15) is 0 Å². The summed E-state index contributed by atoms with van der Waals surface area (Å²) in [6, 6.07) is 4.78. The zero-order chi connectivity index (χ0) is 10.7. The first kappa shape index (κ1) is 10.4. The van der Waals surface area contributed by atoms with Crippen LogP contribution in [0.4, 0.5) is 0 Å². The van der Waals surface area contributed by atoms with Crippen molar-refractivity contribution >= 4 is 5.57 Å². The second kappa shape index (κ2) is 4.58. The van der Waals surface area contributed by atoms with Crippen LogP contribution in [0.5, 0.6) is 0 Å². The highest BCUT2D eigenvalue weighted by Gasteiger charge is 2.15. The van der Waals surface area contributed by atoms with E-state index in [-0.39, 0.29) is 0 Å². The molecule has 15 heavy (non-hydrogen) atoms. The van der Waals surface area contributed by atoms with E-state index < -0.39 is 0 Å². The predicted octanol–water partition coefficient (Wildman–Crippen LogP) is 2.55. The van der Waals surface area contributed by atoms with Gasteiger partial charge in [-0.25, -0.2) is 0 Å². The van der Waals surface area contributed by atoms with Gasteiger partial charge >= 0.3 is 0 Å². The second-order valence-electron chi connectivity index (χ2n) is 4.16. The van der Waals surface area contributed by atoms with Crippen molar-refractivity contribution in [3.05, 3.63) is 35.7 Å². The minimum Gasteiger partial charge on any atom is -0.317 e. The molecule has 1 unspecified atom stereocenters. The topological polar surface area (TPSA) is 24.9 Å². The van der Waals surface area contributed by atoms with E-state index in [1.165, 1.54) is 23.3 Å². The predicted molar refractivity (Wildman–Crippen MR) is 63.6 cm³/mol. The quantitative estimate of drug-likeness (QED) is 0.797. The number of aryl methyl sites for hydroxylation is 1. The highest BCUT2D eigenvalue weighted by Crippen LogP contribution is 2.27. The Labute approximate surface area is 91.4 Å². The number of hydrogen-bond donors (Lipinski definition) is 1. The van der Waals surface area contributed by atoms with E-state index in [4.69, 9.17) is 0 Å². The van der Waals surface area contributed by atoms with Crippen LogP contribution in [0.2, 0.25) is 0 Å². The van der Waals surface area contributed by atoms with Gasteiger partial charge in [0.15, 0.2) is 0 Å². The van der Waals surface area contributed by atoms with Crippen molar-refractivity contribution in [2.24, 2.45) is 0 Å². The number of pyridine rings is 1. The van der Waals surface area contributed by atoms with E-state index in [2.05, 4.69) is 29.4 Å². The lowest BCUT2D eigenvalue weighted by Crippen LogP contribution is -2.26. The molecule has 2 heteroatoms. The molecule has 1 aromatic rings. The highest BCUT2D eigenvalue weighted by atomic mass is 14.9. The summed E-state index contributed by atoms with van der Waals surface area (Å²) in [6.07, 6.45) is 7.71.